The molecule has 0 aliphatic rings. The van der Waals surface area contributed by atoms with Gasteiger partial charge in [-0.05, 0) is 54.2 Å². The predicted octanol–water partition coefficient (Wildman–Crippen LogP) is 2.34. The van der Waals surface area contributed by atoms with Crippen molar-refractivity contribution in [2.75, 3.05) is 5.75 Å². The second-order valence-electron chi connectivity index (χ2n) is 11.4. The molecule has 13 nitrogen and oxygen atoms in total. The maximum atomic E-state index is 13.7. The van der Waals surface area contributed by atoms with Crippen molar-refractivity contribution in [2.45, 2.75) is 57.8 Å². The van der Waals surface area contributed by atoms with E-state index in [4.69, 9.17) is 21.6 Å². The van der Waals surface area contributed by atoms with Crippen molar-refractivity contribution in [1.29, 1.82) is 5.41 Å². The maximum Gasteiger partial charge on any atom is 0.242 e. The van der Waals surface area contributed by atoms with E-state index in [2.05, 4.69) is 20.3 Å². The highest BCUT2D eigenvalue weighted by Gasteiger charge is 2.29. The number of nitrogens with one attached hydrogen (secondary N) is 5. The number of aromatic nitrogens is 1. The van der Waals surface area contributed by atoms with Gasteiger partial charge in [0.1, 0.15) is 30.3 Å². The average Bonchev–Trinajstić information content (AvgIpc) is 3.46. The Balaban J connectivity index is 1.53. The molecule has 0 aliphatic heterocycles. The van der Waals surface area contributed by atoms with Gasteiger partial charge in [0.15, 0.2) is 0 Å². The second-order valence-corrected chi connectivity index (χ2v) is 13.3. The van der Waals surface area contributed by atoms with Crippen LogP contribution in [0.2, 0.25) is 0 Å². The monoisotopic (exact) mass is 675 g/mol. The maximum absolute atomic E-state index is 13.7. The molecule has 0 saturated heterocycles. The van der Waals surface area contributed by atoms with Crippen molar-refractivity contribution >= 4 is 44.5 Å². The summed E-state index contributed by atoms with van der Waals surface area (Å²) in [6.07, 6.45) is 1.71. The summed E-state index contributed by atoms with van der Waals surface area (Å²) < 4.78 is 34.3. The molecule has 9 N–H and O–H groups in total. The molecule has 4 rings (SSSR count). The smallest absolute Gasteiger partial charge is 0.242 e. The van der Waals surface area contributed by atoms with Gasteiger partial charge in [-0.25, -0.2) is 13.1 Å². The minimum Gasteiger partial charge on any atom is -0.489 e. The Kier molecular flexibility index (Phi) is 12.3. The first kappa shape index (κ1) is 35.6. The van der Waals surface area contributed by atoms with Crippen LogP contribution in [0.3, 0.4) is 0 Å². The first-order valence-corrected chi connectivity index (χ1v) is 17.2. The van der Waals surface area contributed by atoms with Crippen LogP contribution in [-0.2, 0) is 44.0 Å². The van der Waals surface area contributed by atoms with Crippen molar-refractivity contribution in [1.82, 2.24) is 20.3 Å². The molecule has 254 valence electrons. The van der Waals surface area contributed by atoms with Crippen LogP contribution >= 0.6 is 0 Å². The lowest BCUT2D eigenvalue weighted by atomic mass is 10.0. The lowest BCUT2D eigenvalue weighted by molar-refractivity contribution is -0.130. The molecule has 3 amide bonds. The van der Waals surface area contributed by atoms with Crippen molar-refractivity contribution in [3.8, 4) is 5.75 Å². The summed E-state index contributed by atoms with van der Waals surface area (Å²) in [5.41, 5.74) is 14.5. The molecule has 0 saturated carbocycles. The molecule has 4 aromatic rings. The number of sulfonamides is 1. The van der Waals surface area contributed by atoms with E-state index in [1.54, 1.807) is 37.4 Å². The fourth-order valence-electron chi connectivity index (χ4n) is 5.05. The Morgan fingerprint density at radius 1 is 0.938 bits per heavy atom. The molecule has 0 bridgehead atoms. The molecule has 3 aromatic carbocycles. The minimum absolute atomic E-state index is 0.0381. The summed E-state index contributed by atoms with van der Waals surface area (Å²) >= 11 is 0. The summed E-state index contributed by atoms with van der Waals surface area (Å²) in [6, 6.07) is 19.4. The third-order valence-corrected chi connectivity index (χ3v) is 9.16. The van der Waals surface area contributed by atoms with E-state index < -0.39 is 39.8 Å². The summed E-state index contributed by atoms with van der Waals surface area (Å²) in [5.74, 6) is -1.67. The third kappa shape index (κ3) is 10.4. The number of amides is 3. The number of benzene rings is 3. The summed E-state index contributed by atoms with van der Waals surface area (Å²) in [7, 11) is -3.86. The van der Waals surface area contributed by atoms with Gasteiger partial charge < -0.3 is 31.8 Å². The van der Waals surface area contributed by atoms with Gasteiger partial charge in [0, 0.05) is 35.6 Å². The number of nitrogens with two attached hydrogens (primary N) is 2. The van der Waals surface area contributed by atoms with Gasteiger partial charge in [-0.2, -0.15) is 0 Å². The van der Waals surface area contributed by atoms with Gasteiger partial charge in [-0.15, -0.1) is 0 Å². The largest absolute Gasteiger partial charge is 0.489 e. The molecule has 1 heterocycles. The van der Waals surface area contributed by atoms with Gasteiger partial charge in [0.2, 0.25) is 27.7 Å². The SMILES string of the molecule is CCCS(=O)(=O)N[C@H](Cc1c[nH]c2ccc(OCc3ccccc3)cc12)C(=O)N[C@@H](CCC(N)=O)C(=O)NCc1ccc(C(=N)N)cc1. The van der Waals surface area contributed by atoms with Crippen LogP contribution in [0.25, 0.3) is 10.9 Å². The highest BCUT2D eigenvalue weighted by Crippen LogP contribution is 2.26. The molecule has 0 aliphatic carbocycles. The van der Waals surface area contributed by atoms with E-state index in [-0.39, 0.29) is 37.4 Å². The number of hydrogen-bond acceptors (Lipinski definition) is 7. The normalized spacial score (nSPS) is 12.6. The molecular formula is C34H41N7O6S. The number of primary amides is 1. The topological polar surface area (TPSA) is 222 Å². The highest BCUT2D eigenvalue weighted by atomic mass is 32.2. The standard InChI is InChI=1S/C34H41N7O6S/c1-2-16-48(45,46)41-30(17-25-20-38-28-13-12-26(18-27(25)28)47-21-23-6-4-3-5-7-23)34(44)40-29(14-15-31(35)42)33(43)39-19-22-8-10-24(11-9-22)32(36)37/h3-13,18,20,29-30,38,41H,2,14-17,19,21H2,1H3,(H2,35,42)(H3,36,37)(H,39,43)(H,40,44)/t29-,30+/m0/s1. The highest BCUT2D eigenvalue weighted by molar-refractivity contribution is 7.89. The zero-order valence-corrected chi connectivity index (χ0v) is 27.4. The van der Waals surface area contributed by atoms with E-state index in [1.807, 2.05) is 48.5 Å². The molecular weight excluding hydrogens is 634 g/mol. The van der Waals surface area contributed by atoms with Crippen LogP contribution in [0.5, 0.6) is 5.75 Å². The van der Waals surface area contributed by atoms with Crippen LogP contribution in [-0.4, -0.2) is 54.8 Å². The number of rotatable bonds is 18. The molecule has 2 atom stereocenters. The first-order chi connectivity index (χ1) is 22.9. The van der Waals surface area contributed by atoms with Crippen molar-refractivity contribution in [3.05, 3.63) is 101 Å². The fourth-order valence-corrected chi connectivity index (χ4v) is 6.33. The number of hydrogen-bond donors (Lipinski definition) is 7. The second kappa shape index (κ2) is 16.6. The van der Waals surface area contributed by atoms with Crippen LogP contribution < -0.4 is 31.6 Å². The van der Waals surface area contributed by atoms with Crippen molar-refractivity contribution in [3.63, 3.8) is 0 Å². The quantitative estimate of drug-likeness (QED) is 0.0615. The number of nitrogen functional groups attached to an aromatic ring is 1. The zero-order chi connectivity index (χ0) is 34.7. The van der Waals surface area contributed by atoms with Crippen LogP contribution in [0.1, 0.15) is 48.4 Å². The molecule has 1 aromatic heterocycles. The Bertz CT molecular complexity index is 1840. The van der Waals surface area contributed by atoms with Gasteiger partial charge in [0.05, 0.1) is 5.75 Å². The molecule has 0 radical (unpaired) electrons. The molecule has 0 spiro atoms. The summed E-state index contributed by atoms with van der Waals surface area (Å²) in [6.45, 7) is 2.16. The van der Waals surface area contributed by atoms with Gasteiger partial charge in [0.25, 0.3) is 0 Å². The Labute approximate surface area is 279 Å². The summed E-state index contributed by atoms with van der Waals surface area (Å²) in [5, 5.41) is 13.6. The lowest BCUT2D eigenvalue weighted by Gasteiger charge is -2.23. The molecule has 48 heavy (non-hydrogen) atoms. The number of H-pyrrole nitrogens is 1. The third-order valence-electron chi connectivity index (χ3n) is 7.57. The van der Waals surface area contributed by atoms with Gasteiger partial charge in [-0.3, -0.25) is 19.8 Å². The minimum atomic E-state index is -3.86. The number of amidine groups is 1. The van der Waals surface area contributed by atoms with Crippen LogP contribution in [0.15, 0.2) is 79.0 Å². The lowest BCUT2D eigenvalue weighted by Crippen LogP contribution is -2.54. The number of fused-ring (bicyclic) bond motifs is 1. The van der Waals surface area contributed by atoms with Crippen LogP contribution in [0, 0.1) is 5.41 Å². The summed E-state index contributed by atoms with van der Waals surface area (Å²) in [4.78, 5) is 41.8. The Morgan fingerprint density at radius 2 is 1.67 bits per heavy atom. The average molecular weight is 676 g/mol. The predicted molar refractivity (Wildman–Crippen MR) is 183 cm³/mol. The number of ether oxygens (including phenoxy) is 1. The van der Waals surface area contributed by atoms with E-state index >= 15 is 0 Å². The molecule has 14 heteroatoms. The van der Waals surface area contributed by atoms with Gasteiger partial charge >= 0.3 is 0 Å². The fraction of sp³-hybridized carbons (Fsp3) is 0.294. The zero-order valence-electron chi connectivity index (χ0n) is 26.6. The van der Waals surface area contributed by atoms with E-state index in [1.165, 1.54) is 0 Å². The van der Waals surface area contributed by atoms with Crippen LogP contribution in [0.4, 0.5) is 0 Å². The van der Waals surface area contributed by atoms with Crippen molar-refractivity contribution in [2.24, 2.45) is 11.5 Å². The molecule has 0 unspecified atom stereocenters. The Morgan fingerprint density at radius 3 is 2.33 bits per heavy atom. The Hall–Kier alpha value is -5.21. The van der Waals surface area contributed by atoms with Crippen molar-refractivity contribution < 1.29 is 27.5 Å². The number of carbonyl (C=O) groups is 3. The van der Waals surface area contributed by atoms with Gasteiger partial charge in [-0.1, -0.05) is 61.5 Å². The number of aromatic amines is 1. The molecule has 0 fully saturated rings. The van der Waals surface area contributed by atoms with E-state index in [0.717, 1.165) is 16.5 Å². The van der Waals surface area contributed by atoms with E-state index in [0.29, 0.717) is 35.5 Å². The number of carbonyl (C=O) groups excluding carboxylic acids is 3. The van der Waals surface area contributed by atoms with E-state index in [9.17, 15) is 22.8 Å². The first-order valence-electron chi connectivity index (χ1n) is 15.5.